The van der Waals surface area contributed by atoms with E-state index in [1.54, 1.807) is 53.8 Å². The summed E-state index contributed by atoms with van der Waals surface area (Å²) in [5.74, 6) is -1.43. The molecule has 0 spiro atoms. The summed E-state index contributed by atoms with van der Waals surface area (Å²) in [6.45, 7) is -2.37. The molecule has 31 heavy (non-hydrogen) atoms. The number of carbonyl (C=O) groups is 2. The number of hydrogen-bond donors (Lipinski definition) is 1. The van der Waals surface area contributed by atoms with Crippen molar-refractivity contribution in [1.29, 1.82) is 0 Å². The van der Waals surface area contributed by atoms with E-state index in [9.17, 15) is 22.8 Å². The third kappa shape index (κ3) is 5.84. The predicted molar refractivity (Wildman–Crippen MR) is 105 cm³/mol. The van der Waals surface area contributed by atoms with Crippen LogP contribution in [0.2, 0.25) is 0 Å². The van der Waals surface area contributed by atoms with Crippen LogP contribution in [0.5, 0.6) is 5.75 Å². The van der Waals surface area contributed by atoms with Crippen LogP contribution in [-0.2, 0) is 9.53 Å². The number of alkyl halides is 3. The average molecular weight is 433 g/mol. The van der Waals surface area contributed by atoms with Gasteiger partial charge in [-0.15, -0.1) is 0 Å². The van der Waals surface area contributed by atoms with Crippen LogP contribution in [0.15, 0.2) is 60.8 Å². The maximum Gasteiger partial charge on any atom is 0.405 e. The number of amides is 1. The van der Waals surface area contributed by atoms with Gasteiger partial charge >= 0.3 is 12.1 Å². The maximum absolute atomic E-state index is 12.6. The molecule has 0 saturated heterocycles. The molecule has 3 rings (SSSR count). The van der Waals surface area contributed by atoms with Gasteiger partial charge in [0.2, 0.25) is 0 Å². The van der Waals surface area contributed by atoms with E-state index in [0.29, 0.717) is 17.0 Å². The number of methoxy groups -OCH3 is 1. The molecule has 10 heteroatoms. The Balaban J connectivity index is 1.86. The zero-order valence-electron chi connectivity index (χ0n) is 16.3. The first kappa shape index (κ1) is 21.9. The van der Waals surface area contributed by atoms with Crippen molar-refractivity contribution in [3.05, 3.63) is 66.4 Å². The van der Waals surface area contributed by atoms with Crippen LogP contribution in [0, 0.1) is 0 Å². The van der Waals surface area contributed by atoms with Crippen molar-refractivity contribution in [2.24, 2.45) is 0 Å². The van der Waals surface area contributed by atoms with E-state index in [2.05, 4.69) is 5.10 Å². The summed E-state index contributed by atoms with van der Waals surface area (Å²) in [4.78, 5) is 24.2. The number of carbonyl (C=O) groups excluding carboxylic acids is 2. The molecule has 1 N–H and O–H groups in total. The molecule has 0 atom stereocenters. The molecule has 0 fully saturated rings. The number of rotatable bonds is 7. The molecule has 0 saturated carbocycles. The van der Waals surface area contributed by atoms with Crippen molar-refractivity contribution >= 4 is 11.9 Å². The molecule has 0 aliphatic heterocycles. The number of aromatic nitrogens is 2. The second kappa shape index (κ2) is 9.33. The number of benzene rings is 2. The number of nitrogens with zero attached hydrogens (tertiary/aromatic N) is 2. The zero-order valence-corrected chi connectivity index (χ0v) is 16.3. The van der Waals surface area contributed by atoms with Crippen molar-refractivity contribution in [3.8, 4) is 22.7 Å². The third-order valence-electron chi connectivity index (χ3n) is 4.12. The quantitative estimate of drug-likeness (QED) is 0.578. The van der Waals surface area contributed by atoms with Gasteiger partial charge in [0.05, 0.1) is 12.8 Å². The molecular weight excluding hydrogens is 415 g/mol. The average Bonchev–Trinajstić information content (AvgIpc) is 3.22. The van der Waals surface area contributed by atoms with Crippen molar-refractivity contribution in [1.82, 2.24) is 15.1 Å². The summed E-state index contributed by atoms with van der Waals surface area (Å²) < 4.78 is 48.2. The van der Waals surface area contributed by atoms with Gasteiger partial charge in [-0.05, 0) is 24.3 Å². The molecule has 0 radical (unpaired) electrons. The largest absolute Gasteiger partial charge is 0.497 e. The van der Waals surface area contributed by atoms with Crippen LogP contribution in [-0.4, -0.2) is 48.1 Å². The number of nitrogens with one attached hydrogen (secondary N) is 1. The highest BCUT2D eigenvalue weighted by atomic mass is 19.4. The van der Waals surface area contributed by atoms with Crippen molar-refractivity contribution in [3.63, 3.8) is 0 Å². The Labute approximate surface area is 175 Å². The van der Waals surface area contributed by atoms with Crippen molar-refractivity contribution in [2.75, 3.05) is 20.3 Å². The Morgan fingerprint density at radius 3 is 2.52 bits per heavy atom. The lowest BCUT2D eigenvalue weighted by atomic mass is 10.1. The molecule has 0 bridgehead atoms. The molecule has 1 amide bonds. The third-order valence-corrected chi connectivity index (χ3v) is 4.12. The number of hydrogen-bond acceptors (Lipinski definition) is 5. The lowest BCUT2D eigenvalue weighted by molar-refractivity contribution is -0.140. The number of ether oxygens (including phenoxy) is 2. The summed E-state index contributed by atoms with van der Waals surface area (Å²) in [6.07, 6.45) is -3.13. The minimum Gasteiger partial charge on any atom is -0.497 e. The van der Waals surface area contributed by atoms with E-state index in [4.69, 9.17) is 9.47 Å². The van der Waals surface area contributed by atoms with E-state index in [1.165, 1.54) is 18.0 Å². The normalized spacial score (nSPS) is 11.1. The van der Waals surface area contributed by atoms with E-state index >= 15 is 0 Å². The topological polar surface area (TPSA) is 82.5 Å². The van der Waals surface area contributed by atoms with Gasteiger partial charge in [-0.1, -0.05) is 30.3 Å². The summed E-state index contributed by atoms with van der Waals surface area (Å²) in [5, 5.41) is 6.10. The van der Waals surface area contributed by atoms with Gasteiger partial charge in [0.1, 0.15) is 23.6 Å². The predicted octanol–water partition coefficient (Wildman–Crippen LogP) is 3.38. The Morgan fingerprint density at radius 1 is 1.10 bits per heavy atom. The van der Waals surface area contributed by atoms with Gasteiger partial charge in [-0.2, -0.15) is 18.3 Å². The van der Waals surface area contributed by atoms with Crippen molar-refractivity contribution < 1.29 is 32.2 Å². The minimum absolute atomic E-state index is 0.0423. The summed E-state index contributed by atoms with van der Waals surface area (Å²) in [7, 11) is 1.50. The highest BCUT2D eigenvalue weighted by Gasteiger charge is 2.28. The van der Waals surface area contributed by atoms with Gasteiger partial charge in [-0.3, -0.25) is 4.79 Å². The fourth-order valence-electron chi connectivity index (χ4n) is 2.68. The molecule has 0 aliphatic rings. The summed E-state index contributed by atoms with van der Waals surface area (Å²) in [5.41, 5.74) is 1.54. The molecule has 0 aliphatic carbocycles. The highest BCUT2D eigenvalue weighted by molar-refractivity contribution is 5.97. The molecular formula is C21H18F3N3O4. The van der Waals surface area contributed by atoms with Crippen LogP contribution in [0.1, 0.15) is 10.4 Å². The Bertz CT molecular complexity index is 1070. The maximum atomic E-state index is 12.6. The summed E-state index contributed by atoms with van der Waals surface area (Å²) >= 11 is 0. The van der Waals surface area contributed by atoms with Gasteiger partial charge < -0.3 is 14.8 Å². The fraction of sp³-hybridized carbons (Fsp3) is 0.190. The Hall–Kier alpha value is -3.82. The first-order valence-corrected chi connectivity index (χ1v) is 9.07. The monoisotopic (exact) mass is 433 g/mol. The van der Waals surface area contributed by atoms with Crippen molar-refractivity contribution in [2.45, 2.75) is 6.18 Å². The summed E-state index contributed by atoms with van der Waals surface area (Å²) in [6, 6.07) is 15.8. The van der Waals surface area contributed by atoms with Gasteiger partial charge in [-0.25, -0.2) is 9.48 Å². The van der Waals surface area contributed by atoms with Crippen LogP contribution >= 0.6 is 0 Å². The molecule has 1 aromatic heterocycles. The van der Waals surface area contributed by atoms with Crippen LogP contribution in [0.3, 0.4) is 0 Å². The van der Waals surface area contributed by atoms with E-state index < -0.39 is 31.2 Å². The fourth-order valence-corrected chi connectivity index (χ4v) is 2.68. The lowest BCUT2D eigenvalue weighted by Gasteiger charge is -2.09. The first-order chi connectivity index (χ1) is 14.8. The number of esters is 1. The standard InChI is InChI=1S/C21H18F3N3O4/c1-30-16-9-5-6-14(10-16)19-17(11-27(26-19)15-7-3-2-4-8-15)20(29)31-12-18(28)25-13-21(22,23)24/h2-11H,12-13H2,1H3,(H,25,28). The highest BCUT2D eigenvalue weighted by Crippen LogP contribution is 2.27. The Morgan fingerprint density at radius 2 is 1.84 bits per heavy atom. The smallest absolute Gasteiger partial charge is 0.405 e. The molecule has 162 valence electrons. The zero-order chi connectivity index (χ0) is 22.4. The molecule has 0 unspecified atom stereocenters. The van der Waals surface area contributed by atoms with Gasteiger partial charge in [0.25, 0.3) is 5.91 Å². The molecule has 2 aromatic carbocycles. The van der Waals surface area contributed by atoms with Crippen LogP contribution in [0.25, 0.3) is 16.9 Å². The minimum atomic E-state index is -4.56. The lowest BCUT2D eigenvalue weighted by Crippen LogP contribution is -2.36. The second-order valence-corrected chi connectivity index (χ2v) is 6.37. The number of halogens is 3. The first-order valence-electron chi connectivity index (χ1n) is 9.07. The van der Waals surface area contributed by atoms with E-state index in [0.717, 1.165) is 0 Å². The SMILES string of the molecule is COc1cccc(-c2nn(-c3ccccc3)cc2C(=O)OCC(=O)NCC(F)(F)F)c1. The second-order valence-electron chi connectivity index (χ2n) is 6.37. The van der Waals surface area contributed by atoms with E-state index in [-0.39, 0.29) is 11.3 Å². The molecule has 3 aromatic rings. The van der Waals surface area contributed by atoms with Gasteiger partial charge in [0.15, 0.2) is 6.61 Å². The molecule has 7 nitrogen and oxygen atoms in total. The van der Waals surface area contributed by atoms with E-state index in [1.807, 2.05) is 6.07 Å². The molecule has 1 heterocycles. The van der Waals surface area contributed by atoms with Crippen LogP contribution in [0.4, 0.5) is 13.2 Å². The van der Waals surface area contributed by atoms with Gasteiger partial charge in [0, 0.05) is 11.8 Å². The van der Waals surface area contributed by atoms with Crippen LogP contribution < -0.4 is 10.1 Å². The number of para-hydroxylation sites is 1. The Kier molecular flexibility index (Phi) is 6.58.